The Hall–Kier alpha value is -3.65. The van der Waals surface area contributed by atoms with Crippen molar-refractivity contribution in [2.45, 2.75) is 0 Å². The minimum absolute atomic E-state index is 1.13. The van der Waals surface area contributed by atoms with Crippen molar-refractivity contribution in [1.29, 1.82) is 0 Å². The number of anilines is 3. The highest BCUT2D eigenvalue weighted by Gasteiger charge is 2.11. The Bertz CT molecular complexity index is 953. The third-order valence-electron chi connectivity index (χ3n) is 4.35. The number of para-hydroxylation sites is 2. The molecule has 0 aliphatic carbocycles. The lowest BCUT2D eigenvalue weighted by atomic mass is 10.1. The molecule has 130 valence electrons. The van der Waals surface area contributed by atoms with Gasteiger partial charge in [0.1, 0.15) is 0 Å². The highest BCUT2D eigenvalue weighted by Crippen LogP contribution is 2.34. The maximum Gasteiger partial charge on any atom is 0.0462 e. The molecule has 0 radical (unpaired) electrons. The van der Waals surface area contributed by atoms with E-state index in [0.29, 0.717) is 0 Å². The zero-order chi connectivity index (χ0) is 18.3. The fourth-order valence-electron chi connectivity index (χ4n) is 3.00. The first-order valence-corrected chi connectivity index (χ1v) is 8.98. The number of hydrogen-bond acceptors (Lipinski definition) is 2. The summed E-state index contributed by atoms with van der Waals surface area (Å²) in [6.07, 6.45) is 7.83. The van der Waals surface area contributed by atoms with Gasteiger partial charge >= 0.3 is 0 Å². The Balaban J connectivity index is 1.64. The predicted molar refractivity (Wildman–Crippen MR) is 114 cm³/mol. The van der Waals surface area contributed by atoms with Gasteiger partial charge in [-0.05, 0) is 59.7 Å². The first kappa shape index (κ1) is 16.8. The Kier molecular flexibility index (Phi) is 5.07. The fraction of sp³-hybridized carbons (Fsp3) is 0. The van der Waals surface area contributed by atoms with Crippen molar-refractivity contribution in [3.8, 4) is 0 Å². The molecule has 0 amide bonds. The Morgan fingerprint density at radius 3 is 1.44 bits per heavy atom. The van der Waals surface area contributed by atoms with Gasteiger partial charge in [-0.3, -0.25) is 4.98 Å². The average Bonchev–Trinajstić information content (AvgIpc) is 2.76. The number of hydrogen-bond donors (Lipinski definition) is 0. The maximum atomic E-state index is 4.05. The molecule has 0 fully saturated rings. The summed E-state index contributed by atoms with van der Waals surface area (Å²) in [5, 5.41) is 0. The van der Waals surface area contributed by atoms with Crippen LogP contribution >= 0.6 is 0 Å². The van der Waals surface area contributed by atoms with Crippen LogP contribution in [-0.2, 0) is 0 Å². The van der Waals surface area contributed by atoms with Crippen molar-refractivity contribution < 1.29 is 0 Å². The summed E-state index contributed by atoms with van der Waals surface area (Å²) in [4.78, 5) is 6.31. The summed E-state index contributed by atoms with van der Waals surface area (Å²) in [7, 11) is 0. The standard InChI is InChI=1S/C25H20N2/c1-3-7-23(8-4-1)27(24-9-5-2-6-10-24)25-15-13-21(14-16-25)11-12-22-17-19-26-20-18-22/h1-20H. The molecular weight excluding hydrogens is 328 g/mol. The van der Waals surface area contributed by atoms with Crippen LogP contribution in [0.2, 0.25) is 0 Å². The molecule has 2 heteroatoms. The first-order valence-electron chi connectivity index (χ1n) is 8.98. The van der Waals surface area contributed by atoms with Gasteiger partial charge in [0, 0.05) is 29.5 Å². The summed E-state index contributed by atoms with van der Waals surface area (Å²) < 4.78 is 0. The number of pyridine rings is 1. The molecule has 0 aliphatic rings. The molecule has 27 heavy (non-hydrogen) atoms. The number of nitrogens with zero attached hydrogens (tertiary/aromatic N) is 2. The first-order chi connectivity index (χ1) is 13.4. The van der Waals surface area contributed by atoms with Gasteiger partial charge in [0.15, 0.2) is 0 Å². The van der Waals surface area contributed by atoms with E-state index < -0.39 is 0 Å². The van der Waals surface area contributed by atoms with Crippen LogP contribution in [0, 0.1) is 0 Å². The molecule has 0 spiro atoms. The van der Waals surface area contributed by atoms with E-state index in [1.807, 2.05) is 24.3 Å². The molecule has 0 unspecified atom stereocenters. The number of aromatic nitrogens is 1. The van der Waals surface area contributed by atoms with E-state index in [1.165, 1.54) is 0 Å². The van der Waals surface area contributed by atoms with Gasteiger partial charge in [0.05, 0.1) is 0 Å². The summed E-state index contributed by atoms with van der Waals surface area (Å²) in [5.41, 5.74) is 5.72. The van der Waals surface area contributed by atoms with Crippen molar-refractivity contribution >= 4 is 29.2 Å². The van der Waals surface area contributed by atoms with Crippen molar-refractivity contribution in [2.75, 3.05) is 4.90 Å². The Morgan fingerprint density at radius 1 is 0.481 bits per heavy atom. The molecule has 2 nitrogen and oxygen atoms in total. The third kappa shape index (κ3) is 4.13. The van der Waals surface area contributed by atoms with E-state index in [1.54, 1.807) is 12.4 Å². The van der Waals surface area contributed by atoms with E-state index in [-0.39, 0.29) is 0 Å². The number of rotatable bonds is 5. The van der Waals surface area contributed by atoms with Gasteiger partial charge in [-0.2, -0.15) is 0 Å². The van der Waals surface area contributed by atoms with Gasteiger partial charge in [0.25, 0.3) is 0 Å². The zero-order valence-electron chi connectivity index (χ0n) is 14.9. The summed E-state index contributed by atoms with van der Waals surface area (Å²) >= 11 is 0. The topological polar surface area (TPSA) is 16.1 Å². The van der Waals surface area contributed by atoms with E-state index in [2.05, 4.69) is 94.8 Å². The molecule has 1 aromatic heterocycles. The average molecular weight is 348 g/mol. The molecule has 0 bridgehead atoms. The smallest absolute Gasteiger partial charge is 0.0462 e. The zero-order valence-corrected chi connectivity index (χ0v) is 14.9. The van der Waals surface area contributed by atoms with Gasteiger partial charge in [0.2, 0.25) is 0 Å². The van der Waals surface area contributed by atoms with E-state index >= 15 is 0 Å². The predicted octanol–water partition coefficient (Wildman–Crippen LogP) is 6.72. The molecule has 0 atom stereocenters. The quantitative estimate of drug-likeness (QED) is 0.398. The van der Waals surface area contributed by atoms with Gasteiger partial charge in [-0.1, -0.05) is 60.7 Å². The number of benzene rings is 3. The van der Waals surface area contributed by atoms with Crippen molar-refractivity contribution in [3.63, 3.8) is 0 Å². The molecule has 3 aromatic carbocycles. The van der Waals surface area contributed by atoms with Crippen LogP contribution in [0.5, 0.6) is 0 Å². The fourth-order valence-corrected chi connectivity index (χ4v) is 3.00. The van der Waals surface area contributed by atoms with Gasteiger partial charge in [-0.25, -0.2) is 0 Å². The third-order valence-corrected chi connectivity index (χ3v) is 4.35. The molecule has 0 aliphatic heterocycles. The lowest BCUT2D eigenvalue weighted by molar-refractivity contribution is 1.28. The highest BCUT2D eigenvalue weighted by atomic mass is 15.1. The summed E-state index contributed by atoms with van der Waals surface area (Å²) in [6.45, 7) is 0. The molecular formula is C25H20N2. The van der Waals surface area contributed by atoms with Crippen molar-refractivity contribution in [1.82, 2.24) is 4.98 Å². The maximum absolute atomic E-state index is 4.05. The summed E-state index contributed by atoms with van der Waals surface area (Å²) in [6, 6.07) is 33.5. The Labute approximate surface area is 160 Å². The largest absolute Gasteiger partial charge is 0.311 e. The monoisotopic (exact) mass is 348 g/mol. The van der Waals surface area contributed by atoms with Crippen LogP contribution in [0.1, 0.15) is 11.1 Å². The second kappa shape index (κ2) is 8.15. The van der Waals surface area contributed by atoms with E-state index in [4.69, 9.17) is 0 Å². The van der Waals surface area contributed by atoms with Crippen molar-refractivity contribution in [2.24, 2.45) is 0 Å². The summed E-state index contributed by atoms with van der Waals surface area (Å²) in [5.74, 6) is 0. The van der Waals surface area contributed by atoms with Gasteiger partial charge in [-0.15, -0.1) is 0 Å². The van der Waals surface area contributed by atoms with Crippen LogP contribution in [0.4, 0.5) is 17.1 Å². The lowest BCUT2D eigenvalue weighted by Crippen LogP contribution is -2.09. The second-order valence-electron chi connectivity index (χ2n) is 6.21. The molecule has 0 saturated carbocycles. The lowest BCUT2D eigenvalue weighted by Gasteiger charge is -2.25. The van der Waals surface area contributed by atoms with Crippen LogP contribution in [0.25, 0.3) is 12.2 Å². The van der Waals surface area contributed by atoms with Crippen molar-refractivity contribution in [3.05, 3.63) is 121 Å². The SMILES string of the molecule is C(=Cc1ccc(N(c2ccccc2)c2ccccc2)cc1)c1ccncc1. The minimum Gasteiger partial charge on any atom is -0.311 e. The molecule has 0 saturated heterocycles. The van der Waals surface area contributed by atoms with Crippen LogP contribution in [-0.4, -0.2) is 4.98 Å². The highest BCUT2D eigenvalue weighted by molar-refractivity contribution is 5.77. The van der Waals surface area contributed by atoms with E-state index in [0.717, 1.165) is 28.2 Å². The normalized spacial score (nSPS) is 10.8. The second-order valence-corrected chi connectivity index (χ2v) is 6.21. The minimum atomic E-state index is 1.13. The molecule has 4 rings (SSSR count). The van der Waals surface area contributed by atoms with E-state index in [9.17, 15) is 0 Å². The van der Waals surface area contributed by atoms with Crippen LogP contribution < -0.4 is 4.90 Å². The molecule has 4 aromatic rings. The molecule has 1 heterocycles. The Morgan fingerprint density at radius 2 is 0.926 bits per heavy atom. The van der Waals surface area contributed by atoms with Gasteiger partial charge < -0.3 is 4.90 Å². The van der Waals surface area contributed by atoms with Crippen LogP contribution in [0.15, 0.2) is 109 Å². The molecule has 0 N–H and O–H groups in total. The van der Waals surface area contributed by atoms with Crippen LogP contribution in [0.3, 0.4) is 0 Å².